The number of pyridine rings is 1. The molecule has 1 heterocycles. The van der Waals surface area contributed by atoms with Gasteiger partial charge in [-0.3, -0.25) is 25.4 Å². The molecule has 0 radical (unpaired) electrons. The SMILES string of the molecule is CC(C)(C)c1cc(C(=O)NNC(=O)c2ccccc2Br)ccn1. The summed E-state index contributed by atoms with van der Waals surface area (Å²) < 4.78 is 0.658. The number of nitrogens with one attached hydrogen (secondary N) is 2. The summed E-state index contributed by atoms with van der Waals surface area (Å²) in [7, 11) is 0. The number of carbonyl (C=O) groups is 2. The molecule has 0 aliphatic heterocycles. The first kappa shape index (κ1) is 17.1. The van der Waals surface area contributed by atoms with E-state index in [4.69, 9.17) is 0 Å². The lowest BCUT2D eigenvalue weighted by atomic mass is 9.91. The Kier molecular flexibility index (Phi) is 5.15. The van der Waals surface area contributed by atoms with Gasteiger partial charge < -0.3 is 0 Å². The molecule has 1 aromatic heterocycles. The Morgan fingerprint density at radius 2 is 1.70 bits per heavy atom. The number of hydrogen-bond acceptors (Lipinski definition) is 3. The van der Waals surface area contributed by atoms with Crippen molar-refractivity contribution >= 4 is 27.7 Å². The molecular formula is C17H18BrN3O2. The van der Waals surface area contributed by atoms with Crippen LogP contribution in [-0.2, 0) is 5.41 Å². The Morgan fingerprint density at radius 1 is 1.04 bits per heavy atom. The minimum Gasteiger partial charge on any atom is -0.267 e. The van der Waals surface area contributed by atoms with Crippen molar-refractivity contribution in [3.63, 3.8) is 0 Å². The van der Waals surface area contributed by atoms with E-state index in [0.29, 0.717) is 15.6 Å². The fraction of sp³-hybridized carbons (Fsp3) is 0.235. The molecule has 5 nitrogen and oxygen atoms in total. The number of hydrogen-bond donors (Lipinski definition) is 2. The van der Waals surface area contributed by atoms with E-state index in [1.165, 1.54) is 0 Å². The van der Waals surface area contributed by atoms with Crippen LogP contribution in [0, 0.1) is 0 Å². The number of benzene rings is 1. The summed E-state index contributed by atoms with van der Waals surface area (Å²) >= 11 is 3.30. The first-order valence-electron chi connectivity index (χ1n) is 7.11. The highest BCUT2D eigenvalue weighted by atomic mass is 79.9. The molecule has 0 saturated heterocycles. The third-order valence-electron chi connectivity index (χ3n) is 3.20. The fourth-order valence-corrected chi connectivity index (χ4v) is 2.35. The smallest absolute Gasteiger partial charge is 0.267 e. The molecule has 6 heteroatoms. The average molecular weight is 376 g/mol. The normalized spacial score (nSPS) is 11.0. The molecule has 2 rings (SSSR count). The van der Waals surface area contributed by atoms with Gasteiger partial charge in [-0.1, -0.05) is 32.9 Å². The van der Waals surface area contributed by atoms with Gasteiger partial charge in [-0.15, -0.1) is 0 Å². The van der Waals surface area contributed by atoms with Gasteiger partial charge in [0.25, 0.3) is 11.8 Å². The van der Waals surface area contributed by atoms with E-state index in [1.807, 2.05) is 26.8 Å². The summed E-state index contributed by atoms with van der Waals surface area (Å²) in [6, 6.07) is 10.3. The Bertz CT molecular complexity index is 739. The van der Waals surface area contributed by atoms with E-state index in [1.54, 1.807) is 36.5 Å². The molecule has 0 atom stereocenters. The van der Waals surface area contributed by atoms with Gasteiger partial charge in [0.05, 0.1) is 5.56 Å². The van der Waals surface area contributed by atoms with Gasteiger partial charge in [0, 0.05) is 27.3 Å². The number of rotatable bonds is 2. The summed E-state index contributed by atoms with van der Waals surface area (Å²) in [4.78, 5) is 28.5. The molecule has 0 unspecified atom stereocenters. The molecule has 0 aliphatic carbocycles. The van der Waals surface area contributed by atoms with Crippen LogP contribution in [0.3, 0.4) is 0 Å². The van der Waals surface area contributed by atoms with Crippen LogP contribution in [0.25, 0.3) is 0 Å². The second-order valence-corrected chi connectivity index (χ2v) is 6.92. The quantitative estimate of drug-likeness (QED) is 0.791. The number of nitrogens with zero attached hydrogens (tertiary/aromatic N) is 1. The first-order chi connectivity index (χ1) is 10.8. The zero-order valence-corrected chi connectivity index (χ0v) is 14.8. The van der Waals surface area contributed by atoms with Gasteiger partial charge in [-0.2, -0.15) is 0 Å². The van der Waals surface area contributed by atoms with E-state index in [2.05, 4.69) is 31.8 Å². The highest BCUT2D eigenvalue weighted by molar-refractivity contribution is 9.10. The zero-order valence-electron chi connectivity index (χ0n) is 13.2. The second kappa shape index (κ2) is 6.91. The number of hydrazine groups is 1. The lowest BCUT2D eigenvalue weighted by Gasteiger charge is -2.18. The fourth-order valence-electron chi connectivity index (χ4n) is 1.88. The lowest BCUT2D eigenvalue weighted by molar-refractivity contribution is 0.0846. The Morgan fingerprint density at radius 3 is 2.35 bits per heavy atom. The molecule has 0 bridgehead atoms. The van der Waals surface area contributed by atoms with Crippen molar-refractivity contribution < 1.29 is 9.59 Å². The maximum atomic E-state index is 12.2. The maximum absolute atomic E-state index is 12.2. The van der Waals surface area contributed by atoms with Crippen molar-refractivity contribution in [3.8, 4) is 0 Å². The third kappa shape index (κ3) is 4.39. The van der Waals surface area contributed by atoms with Crippen LogP contribution >= 0.6 is 15.9 Å². The summed E-state index contributed by atoms with van der Waals surface area (Å²) in [6.07, 6.45) is 1.59. The molecule has 120 valence electrons. The maximum Gasteiger partial charge on any atom is 0.270 e. The first-order valence-corrected chi connectivity index (χ1v) is 7.90. The van der Waals surface area contributed by atoms with Crippen LogP contribution in [0.5, 0.6) is 0 Å². The van der Waals surface area contributed by atoms with Crippen LogP contribution in [0.2, 0.25) is 0 Å². The lowest BCUT2D eigenvalue weighted by Crippen LogP contribution is -2.41. The average Bonchev–Trinajstić information content (AvgIpc) is 2.52. The van der Waals surface area contributed by atoms with Crippen LogP contribution in [-0.4, -0.2) is 16.8 Å². The van der Waals surface area contributed by atoms with E-state index >= 15 is 0 Å². The zero-order chi connectivity index (χ0) is 17.0. The highest BCUT2D eigenvalue weighted by Gasteiger charge is 2.17. The van der Waals surface area contributed by atoms with Crippen molar-refractivity contribution in [2.75, 3.05) is 0 Å². The topological polar surface area (TPSA) is 71.1 Å². The van der Waals surface area contributed by atoms with Crippen molar-refractivity contribution in [1.29, 1.82) is 0 Å². The summed E-state index contributed by atoms with van der Waals surface area (Å²) in [5.41, 5.74) is 6.36. The third-order valence-corrected chi connectivity index (χ3v) is 3.89. The summed E-state index contributed by atoms with van der Waals surface area (Å²) in [5.74, 6) is -0.783. The molecule has 2 N–H and O–H groups in total. The molecule has 1 aromatic carbocycles. The molecule has 0 aliphatic rings. The van der Waals surface area contributed by atoms with E-state index < -0.39 is 11.8 Å². The number of amides is 2. The number of halogens is 1. The van der Waals surface area contributed by atoms with Crippen molar-refractivity contribution in [2.24, 2.45) is 0 Å². The van der Waals surface area contributed by atoms with E-state index in [-0.39, 0.29) is 5.41 Å². The van der Waals surface area contributed by atoms with Crippen LogP contribution < -0.4 is 10.9 Å². The Balaban J connectivity index is 2.06. The number of carbonyl (C=O) groups excluding carboxylic acids is 2. The van der Waals surface area contributed by atoms with E-state index in [0.717, 1.165) is 5.69 Å². The summed E-state index contributed by atoms with van der Waals surface area (Å²) in [6.45, 7) is 6.06. The van der Waals surface area contributed by atoms with Gasteiger partial charge in [-0.25, -0.2) is 0 Å². The van der Waals surface area contributed by atoms with Crippen LogP contribution in [0.15, 0.2) is 47.1 Å². The molecule has 0 fully saturated rings. The van der Waals surface area contributed by atoms with Crippen molar-refractivity contribution in [2.45, 2.75) is 26.2 Å². The van der Waals surface area contributed by atoms with Gasteiger partial charge in [0.15, 0.2) is 0 Å². The predicted octanol–water partition coefficient (Wildman–Crippen LogP) is 3.22. The van der Waals surface area contributed by atoms with Gasteiger partial charge in [0.1, 0.15) is 0 Å². The summed E-state index contributed by atoms with van der Waals surface area (Å²) in [5, 5.41) is 0. The second-order valence-electron chi connectivity index (χ2n) is 6.07. The molecular weight excluding hydrogens is 358 g/mol. The Labute approximate surface area is 143 Å². The van der Waals surface area contributed by atoms with Gasteiger partial charge in [0.2, 0.25) is 0 Å². The Hall–Kier alpha value is -2.21. The van der Waals surface area contributed by atoms with Crippen LogP contribution in [0.1, 0.15) is 47.2 Å². The molecule has 0 saturated carbocycles. The monoisotopic (exact) mass is 375 g/mol. The highest BCUT2D eigenvalue weighted by Crippen LogP contribution is 2.20. The predicted molar refractivity (Wildman–Crippen MR) is 92.0 cm³/mol. The van der Waals surface area contributed by atoms with Crippen molar-refractivity contribution in [1.82, 2.24) is 15.8 Å². The van der Waals surface area contributed by atoms with Crippen LogP contribution in [0.4, 0.5) is 0 Å². The molecule has 2 aromatic rings. The molecule has 0 spiro atoms. The van der Waals surface area contributed by atoms with Gasteiger partial charge in [-0.05, 0) is 40.2 Å². The largest absolute Gasteiger partial charge is 0.270 e. The minimum absolute atomic E-state index is 0.158. The molecule has 23 heavy (non-hydrogen) atoms. The minimum atomic E-state index is -0.393. The van der Waals surface area contributed by atoms with Gasteiger partial charge >= 0.3 is 0 Å². The number of aromatic nitrogens is 1. The molecule has 2 amide bonds. The van der Waals surface area contributed by atoms with Crippen molar-refractivity contribution in [3.05, 3.63) is 63.9 Å². The standard InChI is InChI=1S/C17H18BrN3O2/c1-17(2,3)14-10-11(8-9-19-14)15(22)20-21-16(23)12-6-4-5-7-13(12)18/h4-10H,1-3H3,(H,20,22)(H,21,23). The van der Waals surface area contributed by atoms with E-state index in [9.17, 15) is 9.59 Å².